The van der Waals surface area contributed by atoms with E-state index in [2.05, 4.69) is 10.1 Å². The standard InChI is InChI=1S/C17H15N5O/c1-11-6-5-9-13-14(11)19-16(18)22-15(13)20-21(17(22)23)10-12-7-3-2-4-8-12/h2-9H,10H2,1H3,(H2,18,19). The Balaban J connectivity index is 2.00. The average molecular weight is 305 g/mol. The number of benzene rings is 2. The van der Waals surface area contributed by atoms with Crippen molar-refractivity contribution in [2.24, 2.45) is 0 Å². The highest BCUT2D eigenvalue weighted by molar-refractivity contribution is 5.93. The molecule has 114 valence electrons. The summed E-state index contributed by atoms with van der Waals surface area (Å²) in [4.78, 5) is 17.0. The number of hydrogen-bond donors (Lipinski definition) is 1. The van der Waals surface area contributed by atoms with Crippen LogP contribution in [0.5, 0.6) is 0 Å². The summed E-state index contributed by atoms with van der Waals surface area (Å²) >= 11 is 0. The van der Waals surface area contributed by atoms with Crippen molar-refractivity contribution < 1.29 is 0 Å². The Morgan fingerprint density at radius 3 is 2.65 bits per heavy atom. The maximum absolute atomic E-state index is 12.6. The Labute approximate surface area is 131 Å². The van der Waals surface area contributed by atoms with Crippen LogP contribution in [0, 0.1) is 6.92 Å². The Bertz CT molecular complexity index is 1080. The van der Waals surface area contributed by atoms with Crippen molar-refractivity contribution in [3.63, 3.8) is 0 Å². The van der Waals surface area contributed by atoms with Gasteiger partial charge in [-0.3, -0.25) is 0 Å². The van der Waals surface area contributed by atoms with Crippen LogP contribution in [0.3, 0.4) is 0 Å². The van der Waals surface area contributed by atoms with Crippen LogP contribution in [0.15, 0.2) is 53.3 Å². The van der Waals surface area contributed by atoms with Crippen LogP contribution >= 0.6 is 0 Å². The summed E-state index contributed by atoms with van der Waals surface area (Å²) in [5.74, 6) is 0.158. The monoisotopic (exact) mass is 305 g/mol. The summed E-state index contributed by atoms with van der Waals surface area (Å²) in [7, 11) is 0. The topological polar surface area (TPSA) is 78.2 Å². The minimum absolute atomic E-state index is 0.158. The molecular formula is C17H15N5O. The van der Waals surface area contributed by atoms with E-state index >= 15 is 0 Å². The van der Waals surface area contributed by atoms with Gasteiger partial charge in [-0.05, 0) is 24.1 Å². The zero-order chi connectivity index (χ0) is 16.0. The van der Waals surface area contributed by atoms with Gasteiger partial charge in [0.2, 0.25) is 5.95 Å². The van der Waals surface area contributed by atoms with Gasteiger partial charge in [-0.1, -0.05) is 42.5 Å². The zero-order valence-electron chi connectivity index (χ0n) is 12.6. The second kappa shape index (κ2) is 4.95. The average Bonchev–Trinajstić information content (AvgIpc) is 2.87. The summed E-state index contributed by atoms with van der Waals surface area (Å²) in [5.41, 5.74) is 9.03. The van der Waals surface area contributed by atoms with Gasteiger partial charge in [0.15, 0.2) is 5.65 Å². The fourth-order valence-electron chi connectivity index (χ4n) is 2.80. The molecule has 0 atom stereocenters. The third-order valence-corrected chi connectivity index (χ3v) is 3.95. The first-order chi connectivity index (χ1) is 11.1. The van der Waals surface area contributed by atoms with Crippen LogP contribution in [0.2, 0.25) is 0 Å². The molecule has 4 rings (SSSR count). The van der Waals surface area contributed by atoms with Gasteiger partial charge in [-0.15, -0.1) is 5.10 Å². The zero-order valence-corrected chi connectivity index (χ0v) is 12.6. The number of aryl methyl sites for hydroxylation is 1. The van der Waals surface area contributed by atoms with E-state index in [1.165, 1.54) is 9.08 Å². The molecular weight excluding hydrogens is 290 g/mol. The predicted molar refractivity (Wildman–Crippen MR) is 89.4 cm³/mol. The summed E-state index contributed by atoms with van der Waals surface area (Å²) in [6, 6.07) is 15.5. The summed E-state index contributed by atoms with van der Waals surface area (Å²) in [5, 5.41) is 5.31. The van der Waals surface area contributed by atoms with Crippen molar-refractivity contribution in [3.05, 3.63) is 70.1 Å². The Kier molecular flexibility index (Phi) is 2.90. The third kappa shape index (κ3) is 2.07. The molecule has 0 aliphatic rings. The normalized spacial score (nSPS) is 11.3. The Morgan fingerprint density at radius 2 is 1.87 bits per heavy atom. The van der Waals surface area contributed by atoms with E-state index in [0.29, 0.717) is 12.2 Å². The number of para-hydroxylation sites is 1. The summed E-state index contributed by atoms with van der Waals surface area (Å²) in [6.07, 6.45) is 0. The van der Waals surface area contributed by atoms with Crippen LogP contribution in [-0.2, 0) is 6.54 Å². The van der Waals surface area contributed by atoms with Crippen LogP contribution in [0.25, 0.3) is 16.6 Å². The van der Waals surface area contributed by atoms with Gasteiger partial charge in [0.25, 0.3) is 0 Å². The number of nitrogen functional groups attached to an aromatic ring is 1. The molecule has 0 aliphatic carbocycles. The number of aromatic nitrogens is 4. The minimum atomic E-state index is -0.280. The molecule has 4 aromatic rings. The van der Waals surface area contributed by atoms with Gasteiger partial charge < -0.3 is 5.73 Å². The highest BCUT2D eigenvalue weighted by Gasteiger charge is 2.15. The predicted octanol–water partition coefficient (Wildman–Crippen LogP) is 1.98. The molecule has 0 unspecified atom stereocenters. The molecule has 0 fully saturated rings. The summed E-state index contributed by atoms with van der Waals surface area (Å²) < 4.78 is 2.79. The maximum atomic E-state index is 12.6. The molecule has 6 heteroatoms. The van der Waals surface area contributed by atoms with Gasteiger partial charge in [-0.2, -0.15) is 0 Å². The Morgan fingerprint density at radius 1 is 1.09 bits per heavy atom. The van der Waals surface area contributed by atoms with Gasteiger partial charge >= 0.3 is 5.69 Å². The van der Waals surface area contributed by atoms with E-state index in [0.717, 1.165) is 22.0 Å². The van der Waals surface area contributed by atoms with Gasteiger partial charge in [0.1, 0.15) is 0 Å². The minimum Gasteiger partial charge on any atom is -0.369 e. The molecule has 2 heterocycles. The smallest absolute Gasteiger partial charge is 0.353 e. The van der Waals surface area contributed by atoms with Crippen molar-refractivity contribution in [2.45, 2.75) is 13.5 Å². The largest absolute Gasteiger partial charge is 0.369 e. The van der Waals surface area contributed by atoms with Crippen molar-refractivity contribution in [1.29, 1.82) is 0 Å². The lowest BCUT2D eigenvalue weighted by molar-refractivity contribution is 0.659. The second-order valence-electron chi connectivity index (χ2n) is 5.53. The number of fused-ring (bicyclic) bond motifs is 3. The number of rotatable bonds is 2. The lowest BCUT2D eigenvalue weighted by Crippen LogP contribution is -2.23. The van der Waals surface area contributed by atoms with E-state index < -0.39 is 0 Å². The molecule has 0 amide bonds. The molecule has 0 saturated heterocycles. The van der Waals surface area contributed by atoms with Crippen molar-refractivity contribution in [3.8, 4) is 0 Å². The second-order valence-corrected chi connectivity index (χ2v) is 5.53. The number of hydrogen-bond acceptors (Lipinski definition) is 4. The fourth-order valence-corrected chi connectivity index (χ4v) is 2.80. The van der Waals surface area contributed by atoms with Crippen LogP contribution in [0.4, 0.5) is 5.95 Å². The van der Waals surface area contributed by atoms with Crippen molar-refractivity contribution >= 4 is 22.5 Å². The molecule has 2 N–H and O–H groups in total. The lowest BCUT2D eigenvalue weighted by atomic mass is 10.1. The SMILES string of the molecule is Cc1cccc2c1nc(N)n1c(=O)n(Cc3ccccc3)nc21. The van der Waals surface area contributed by atoms with Crippen molar-refractivity contribution in [1.82, 2.24) is 19.2 Å². The molecule has 0 bridgehead atoms. The van der Waals surface area contributed by atoms with E-state index in [-0.39, 0.29) is 11.6 Å². The number of anilines is 1. The molecule has 0 radical (unpaired) electrons. The van der Waals surface area contributed by atoms with Crippen LogP contribution in [0.1, 0.15) is 11.1 Å². The quantitative estimate of drug-likeness (QED) is 0.614. The van der Waals surface area contributed by atoms with E-state index in [1.807, 2.05) is 55.5 Å². The van der Waals surface area contributed by atoms with Gasteiger partial charge in [0.05, 0.1) is 12.1 Å². The van der Waals surface area contributed by atoms with E-state index in [4.69, 9.17) is 5.73 Å². The first kappa shape index (κ1) is 13.5. The van der Waals surface area contributed by atoms with E-state index in [9.17, 15) is 4.79 Å². The van der Waals surface area contributed by atoms with Crippen molar-refractivity contribution in [2.75, 3.05) is 5.73 Å². The number of nitrogens with zero attached hydrogens (tertiary/aromatic N) is 4. The first-order valence-electron chi connectivity index (χ1n) is 7.33. The highest BCUT2D eigenvalue weighted by Crippen LogP contribution is 2.21. The fraction of sp³-hybridized carbons (Fsp3) is 0.118. The van der Waals surface area contributed by atoms with E-state index in [1.54, 1.807) is 0 Å². The third-order valence-electron chi connectivity index (χ3n) is 3.95. The number of nitrogens with two attached hydrogens (primary N) is 1. The highest BCUT2D eigenvalue weighted by atomic mass is 16.2. The molecule has 23 heavy (non-hydrogen) atoms. The Hall–Kier alpha value is -3.15. The first-order valence-corrected chi connectivity index (χ1v) is 7.33. The molecule has 0 saturated carbocycles. The molecule has 2 aromatic heterocycles. The van der Waals surface area contributed by atoms with Gasteiger partial charge in [0, 0.05) is 5.39 Å². The van der Waals surface area contributed by atoms with Crippen LogP contribution < -0.4 is 11.4 Å². The molecule has 6 nitrogen and oxygen atoms in total. The summed E-state index contributed by atoms with van der Waals surface area (Å²) in [6.45, 7) is 2.36. The molecule has 0 aliphatic heterocycles. The molecule has 2 aromatic carbocycles. The molecule has 0 spiro atoms. The van der Waals surface area contributed by atoms with Crippen LogP contribution in [-0.4, -0.2) is 19.2 Å². The lowest BCUT2D eigenvalue weighted by Gasteiger charge is -2.03. The maximum Gasteiger partial charge on any atom is 0.353 e. The van der Waals surface area contributed by atoms with Gasteiger partial charge in [-0.25, -0.2) is 18.9 Å².